The van der Waals surface area contributed by atoms with Gasteiger partial charge in [0.25, 0.3) is 0 Å². The maximum atomic E-state index is 11.2. The summed E-state index contributed by atoms with van der Waals surface area (Å²) in [6.45, 7) is 0. The summed E-state index contributed by atoms with van der Waals surface area (Å²) in [5.74, 6) is -0.437. The summed E-state index contributed by atoms with van der Waals surface area (Å²) in [7, 11) is 0. The minimum atomic E-state index is -0.437. The number of imidazole rings is 1. The van der Waals surface area contributed by atoms with Gasteiger partial charge in [0, 0.05) is 28.0 Å². The minimum Gasteiger partial charge on any atom is -0.366 e. The molecule has 0 fully saturated rings. The van der Waals surface area contributed by atoms with E-state index in [-0.39, 0.29) is 0 Å². The van der Waals surface area contributed by atoms with Crippen molar-refractivity contribution in [3.8, 4) is 11.3 Å². The van der Waals surface area contributed by atoms with E-state index in [0.29, 0.717) is 5.56 Å². The SMILES string of the molecule is NC(=O)c1cccc(-c2cn3cc(Br)ccc3n2)c1. The summed E-state index contributed by atoms with van der Waals surface area (Å²) in [4.78, 5) is 15.7. The first-order chi connectivity index (χ1) is 9.13. The molecule has 3 aromatic rings. The summed E-state index contributed by atoms with van der Waals surface area (Å²) in [5, 5.41) is 0. The van der Waals surface area contributed by atoms with E-state index >= 15 is 0 Å². The molecular weight excluding hydrogens is 306 g/mol. The van der Waals surface area contributed by atoms with Gasteiger partial charge in [-0.3, -0.25) is 4.79 Å². The number of carbonyl (C=O) groups is 1. The Morgan fingerprint density at radius 2 is 2.05 bits per heavy atom. The molecule has 3 rings (SSSR count). The molecule has 0 aliphatic rings. The van der Waals surface area contributed by atoms with Crippen LogP contribution in [0.5, 0.6) is 0 Å². The third-order valence-electron chi connectivity index (χ3n) is 2.86. The van der Waals surface area contributed by atoms with Gasteiger partial charge >= 0.3 is 0 Å². The molecule has 1 aromatic carbocycles. The number of halogens is 1. The lowest BCUT2D eigenvalue weighted by Gasteiger charge is -1.98. The summed E-state index contributed by atoms with van der Waals surface area (Å²) in [5.41, 5.74) is 8.29. The zero-order valence-corrected chi connectivity index (χ0v) is 11.5. The van der Waals surface area contributed by atoms with Crippen molar-refractivity contribution in [1.82, 2.24) is 9.38 Å². The number of aromatic nitrogens is 2. The monoisotopic (exact) mass is 315 g/mol. The normalized spacial score (nSPS) is 10.8. The van der Waals surface area contributed by atoms with Crippen LogP contribution < -0.4 is 5.73 Å². The lowest BCUT2D eigenvalue weighted by molar-refractivity contribution is 0.100. The molecule has 2 aromatic heterocycles. The number of pyridine rings is 1. The van der Waals surface area contributed by atoms with Gasteiger partial charge in [0.15, 0.2) is 0 Å². The second kappa shape index (κ2) is 4.51. The lowest BCUT2D eigenvalue weighted by Crippen LogP contribution is -2.10. The fourth-order valence-corrected chi connectivity index (χ4v) is 2.29. The molecule has 0 spiro atoms. The van der Waals surface area contributed by atoms with Gasteiger partial charge in [-0.2, -0.15) is 0 Å². The number of benzene rings is 1. The summed E-state index contributed by atoms with van der Waals surface area (Å²) < 4.78 is 2.91. The highest BCUT2D eigenvalue weighted by Crippen LogP contribution is 2.21. The molecule has 0 aliphatic carbocycles. The molecule has 94 valence electrons. The van der Waals surface area contributed by atoms with E-state index in [1.165, 1.54) is 0 Å². The van der Waals surface area contributed by atoms with Crippen molar-refractivity contribution in [3.63, 3.8) is 0 Å². The number of carbonyl (C=O) groups excluding carboxylic acids is 1. The predicted octanol–water partition coefficient (Wildman–Crippen LogP) is 2.86. The Hall–Kier alpha value is -2.14. The molecule has 2 N–H and O–H groups in total. The minimum absolute atomic E-state index is 0.437. The van der Waals surface area contributed by atoms with Gasteiger partial charge in [-0.1, -0.05) is 12.1 Å². The van der Waals surface area contributed by atoms with Crippen LogP contribution in [0.4, 0.5) is 0 Å². The van der Waals surface area contributed by atoms with Crippen molar-refractivity contribution in [3.05, 3.63) is 58.8 Å². The molecule has 0 aliphatic heterocycles. The molecule has 5 heteroatoms. The van der Waals surface area contributed by atoms with Gasteiger partial charge < -0.3 is 10.1 Å². The van der Waals surface area contributed by atoms with Crippen LogP contribution in [-0.2, 0) is 0 Å². The van der Waals surface area contributed by atoms with Crippen LogP contribution in [0, 0.1) is 0 Å². The third kappa shape index (κ3) is 2.24. The first-order valence-electron chi connectivity index (χ1n) is 5.68. The summed E-state index contributed by atoms with van der Waals surface area (Å²) in [6, 6.07) is 11.0. The van der Waals surface area contributed by atoms with Crippen molar-refractivity contribution in [2.75, 3.05) is 0 Å². The van der Waals surface area contributed by atoms with E-state index in [0.717, 1.165) is 21.4 Å². The molecule has 19 heavy (non-hydrogen) atoms. The predicted molar refractivity (Wildman–Crippen MR) is 76.8 cm³/mol. The van der Waals surface area contributed by atoms with E-state index in [4.69, 9.17) is 5.73 Å². The number of hydrogen-bond acceptors (Lipinski definition) is 2. The second-order valence-corrected chi connectivity index (χ2v) is 5.10. The Labute approximate surface area is 118 Å². The molecule has 0 unspecified atom stereocenters. The molecule has 2 heterocycles. The maximum Gasteiger partial charge on any atom is 0.248 e. The van der Waals surface area contributed by atoms with E-state index < -0.39 is 5.91 Å². The van der Waals surface area contributed by atoms with Crippen molar-refractivity contribution < 1.29 is 4.79 Å². The fraction of sp³-hybridized carbons (Fsp3) is 0. The van der Waals surface area contributed by atoms with Gasteiger partial charge in [-0.25, -0.2) is 4.98 Å². The van der Waals surface area contributed by atoms with Crippen molar-refractivity contribution >= 4 is 27.5 Å². The van der Waals surface area contributed by atoms with Crippen LogP contribution in [0.3, 0.4) is 0 Å². The van der Waals surface area contributed by atoms with E-state index in [1.54, 1.807) is 18.2 Å². The summed E-state index contributed by atoms with van der Waals surface area (Å²) in [6.07, 6.45) is 3.85. The Kier molecular flexibility index (Phi) is 2.83. The highest BCUT2D eigenvalue weighted by molar-refractivity contribution is 9.10. The van der Waals surface area contributed by atoms with Gasteiger partial charge in [0.05, 0.1) is 5.69 Å². The molecular formula is C14H10BrN3O. The largest absolute Gasteiger partial charge is 0.366 e. The highest BCUT2D eigenvalue weighted by atomic mass is 79.9. The quantitative estimate of drug-likeness (QED) is 0.790. The molecule has 0 atom stereocenters. The standard InChI is InChI=1S/C14H10BrN3O/c15-11-4-5-13-17-12(8-18(13)7-11)9-2-1-3-10(6-9)14(16)19/h1-8H,(H2,16,19). The third-order valence-corrected chi connectivity index (χ3v) is 3.33. The smallest absolute Gasteiger partial charge is 0.248 e. The Bertz CT molecular complexity index is 779. The average molecular weight is 316 g/mol. The van der Waals surface area contributed by atoms with Gasteiger partial charge in [-0.15, -0.1) is 0 Å². The molecule has 0 saturated heterocycles. The molecule has 1 amide bonds. The number of nitrogens with two attached hydrogens (primary N) is 1. The summed E-state index contributed by atoms with van der Waals surface area (Å²) >= 11 is 3.42. The van der Waals surface area contributed by atoms with Gasteiger partial charge in [0.2, 0.25) is 5.91 Å². The van der Waals surface area contributed by atoms with Crippen molar-refractivity contribution in [1.29, 1.82) is 0 Å². The van der Waals surface area contributed by atoms with E-state index in [9.17, 15) is 4.79 Å². The number of fused-ring (bicyclic) bond motifs is 1. The first-order valence-corrected chi connectivity index (χ1v) is 6.47. The van der Waals surface area contributed by atoms with Crippen LogP contribution in [0.1, 0.15) is 10.4 Å². The fourth-order valence-electron chi connectivity index (χ4n) is 1.94. The second-order valence-electron chi connectivity index (χ2n) is 4.18. The molecule has 0 bridgehead atoms. The molecule has 0 radical (unpaired) electrons. The number of nitrogens with zero attached hydrogens (tertiary/aromatic N) is 2. The molecule has 0 saturated carbocycles. The van der Waals surface area contributed by atoms with Crippen LogP contribution in [0.25, 0.3) is 16.9 Å². The Morgan fingerprint density at radius 1 is 1.21 bits per heavy atom. The van der Waals surface area contributed by atoms with Crippen molar-refractivity contribution in [2.45, 2.75) is 0 Å². The number of rotatable bonds is 2. The zero-order chi connectivity index (χ0) is 13.4. The maximum absolute atomic E-state index is 11.2. The number of amides is 1. The van der Waals surface area contributed by atoms with E-state index in [2.05, 4.69) is 20.9 Å². The Morgan fingerprint density at radius 3 is 2.84 bits per heavy atom. The van der Waals surface area contributed by atoms with Crippen LogP contribution >= 0.6 is 15.9 Å². The van der Waals surface area contributed by atoms with Crippen molar-refractivity contribution in [2.24, 2.45) is 5.73 Å². The molecule has 4 nitrogen and oxygen atoms in total. The van der Waals surface area contributed by atoms with Crippen LogP contribution in [-0.4, -0.2) is 15.3 Å². The average Bonchev–Trinajstić information content (AvgIpc) is 2.81. The number of primary amides is 1. The van der Waals surface area contributed by atoms with Gasteiger partial charge in [-0.05, 0) is 40.2 Å². The van der Waals surface area contributed by atoms with E-state index in [1.807, 2.05) is 35.0 Å². The Balaban J connectivity index is 2.13. The zero-order valence-electron chi connectivity index (χ0n) is 9.88. The van der Waals surface area contributed by atoms with Crippen LogP contribution in [0.15, 0.2) is 53.3 Å². The number of hydrogen-bond donors (Lipinski definition) is 1. The lowest BCUT2D eigenvalue weighted by atomic mass is 10.1. The highest BCUT2D eigenvalue weighted by Gasteiger charge is 2.07. The van der Waals surface area contributed by atoms with Crippen LogP contribution in [0.2, 0.25) is 0 Å². The topological polar surface area (TPSA) is 60.4 Å². The first kappa shape index (κ1) is 11.9. The van der Waals surface area contributed by atoms with Gasteiger partial charge in [0.1, 0.15) is 5.65 Å².